The molecule has 1 aromatic carbocycles. The van der Waals surface area contributed by atoms with E-state index < -0.39 is 0 Å². The van der Waals surface area contributed by atoms with Gasteiger partial charge in [0.1, 0.15) is 18.2 Å². The molecular formula is C20H24N4O3. The van der Waals surface area contributed by atoms with Crippen LogP contribution in [0.5, 0.6) is 5.75 Å². The SMILES string of the molecule is CC(=O)Nc1cc2c(cn1)COc1cc(NC(=O)C(C)CC(C)N)ccc1-2. The van der Waals surface area contributed by atoms with Crippen LogP contribution in [0.2, 0.25) is 0 Å². The summed E-state index contributed by atoms with van der Waals surface area (Å²) in [5.74, 6) is 0.764. The van der Waals surface area contributed by atoms with Crippen LogP contribution < -0.4 is 21.1 Å². The van der Waals surface area contributed by atoms with Crippen LogP contribution >= 0.6 is 0 Å². The van der Waals surface area contributed by atoms with Crippen LogP contribution in [0, 0.1) is 5.92 Å². The van der Waals surface area contributed by atoms with Crippen LogP contribution in [0.3, 0.4) is 0 Å². The second-order valence-corrected chi connectivity index (χ2v) is 7.01. The maximum absolute atomic E-state index is 12.3. The number of hydrogen-bond acceptors (Lipinski definition) is 5. The van der Waals surface area contributed by atoms with Gasteiger partial charge in [-0.3, -0.25) is 9.59 Å². The number of aromatic nitrogens is 1. The molecule has 0 saturated carbocycles. The maximum Gasteiger partial charge on any atom is 0.227 e. The number of hydrogen-bond donors (Lipinski definition) is 3. The number of nitrogens with zero attached hydrogens (tertiary/aromatic N) is 1. The number of benzene rings is 1. The van der Waals surface area contributed by atoms with Gasteiger partial charge in [0.25, 0.3) is 0 Å². The summed E-state index contributed by atoms with van der Waals surface area (Å²) < 4.78 is 5.82. The molecule has 2 atom stereocenters. The molecule has 0 bridgehead atoms. The summed E-state index contributed by atoms with van der Waals surface area (Å²) in [7, 11) is 0. The molecule has 1 aliphatic heterocycles. The van der Waals surface area contributed by atoms with Gasteiger partial charge in [-0.25, -0.2) is 4.98 Å². The Bertz CT molecular complexity index is 880. The van der Waals surface area contributed by atoms with Crippen molar-refractivity contribution in [2.45, 2.75) is 39.8 Å². The first-order chi connectivity index (χ1) is 12.8. The highest BCUT2D eigenvalue weighted by molar-refractivity contribution is 5.93. The molecule has 2 amide bonds. The Morgan fingerprint density at radius 3 is 2.70 bits per heavy atom. The van der Waals surface area contributed by atoms with Gasteiger partial charge >= 0.3 is 0 Å². The fourth-order valence-electron chi connectivity index (χ4n) is 3.13. The van der Waals surface area contributed by atoms with E-state index in [9.17, 15) is 9.59 Å². The van der Waals surface area contributed by atoms with Gasteiger partial charge in [-0.15, -0.1) is 0 Å². The van der Waals surface area contributed by atoms with Crippen LogP contribution in [-0.4, -0.2) is 22.8 Å². The van der Waals surface area contributed by atoms with Crippen molar-refractivity contribution < 1.29 is 14.3 Å². The summed E-state index contributed by atoms with van der Waals surface area (Å²) in [5.41, 5.74) is 9.24. The summed E-state index contributed by atoms with van der Waals surface area (Å²) in [5, 5.41) is 5.61. The molecule has 1 aromatic heterocycles. The number of pyridine rings is 1. The number of anilines is 2. The lowest BCUT2D eigenvalue weighted by Crippen LogP contribution is -2.27. The van der Waals surface area contributed by atoms with Crippen molar-refractivity contribution in [2.75, 3.05) is 10.6 Å². The monoisotopic (exact) mass is 368 g/mol. The van der Waals surface area contributed by atoms with Crippen molar-refractivity contribution >= 4 is 23.3 Å². The molecule has 27 heavy (non-hydrogen) atoms. The summed E-state index contributed by atoms with van der Waals surface area (Å²) in [6.45, 7) is 5.58. The van der Waals surface area contributed by atoms with Gasteiger partial charge in [-0.05, 0) is 37.1 Å². The molecule has 7 heteroatoms. The average molecular weight is 368 g/mol. The predicted octanol–water partition coefficient (Wildman–Crippen LogP) is 2.91. The standard InChI is InChI=1S/C20H24N4O3/c1-11(6-12(2)21)20(26)24-15-4-5-16-17-8-19(23-13(3)25)22-9-14(17)10-27-18(16)7-15/h4-5,7-9,11-12H,6,10,21H2,1-3H3,(H,24,26)(H,22,23,25). The second kappa shape index (κ2) is 7.75. The Morgan fingerprint density at radius 2 is 2.00 bits per heavy atom. The number of ether oxygens (including phenoxy) is 1. The number of nitrogens with two attached hydrogens (primary N) is 1. The van der Waals surface area contributed by atoms with Crippen LogP contribution in [0.4, 0.5) is 11.5 Å². The molecule has 0 spiro atoms. The highest BCUT2D eigenvalue weighted by Crippen LogP contribution is 2.39. The minimum absolute atomic E-state index is 0.0273. The van der Waals surface area contributed by atoms with Gasteiger partial charge in [-0.2, -0.15) is 0 Å². The van der Waals surface area contributed by atoms with Crippen LogP contribution in [0.25, 0.3) is 11.1 Å². The zero-order valence-corrected chi connectivity index (χ0v) is 15.7. The average Bonchev–Trinajstić information content (AvgIpc) is 2.60. The van der Waals surface area contributed by atoms with E-state index in [1.54, 1.807) is 6.20 Å². The van der Waals surface area contributed by atoms with E-state index in [0.717, 1.165) is 16.7 Å². The van der Waals surface area contributed by atoms with Gasteiger partial charge in [-0.1, -0.05) is 6.92 Å². The Balaban J connectivity index is 1.82. The van der Waals surface area contributed by atoms with Gasteiger partial charge in [0.2, 0.25) is 11.8 Å². The van der Waals surface area contributed by atoms with Crippen molar-refractivity contribution in [1.82, 2.24) is 4.98 Å². The molecule has 0 aliphatic carbocycles. The van der Waals surface area contributed by atoms with Crippen LogP contribution in [0.15, 0.2) is 30.5 Å². The van der Waals surface area contributed by atoms with Crippen LogP contribution in [-0.2, 0) is 16.2 Å². The van der Waals surface area contributed by atoms with Crippen molar-refractivity contribution in [2.24, 2.45) is 11.7 Å². The molecule has 2 unspecified atom stereocenters. The molecule has 0 radical (unpaired) electrons. The quantitative estimate of drug-likeness (QED) is 0.752. The smallest absolute Gasteiger partial charge is 0.227 e. The summed E-state index contributed by atoms with van der Waals surface area (Å²) in [4.78, 5) is 27.8. The Labute approximate surface area is 158 Å². The van der Waals surface area contributed by atoms with E-state index in [0.29, 0.717) is 30.3 Å². The summed E-state index contributed by atoms with van der Waals surface area (Å²) >= 11 is 0. The molecule has 4 N–H and O–H groups in total. The predicted molar refractivity (Wildman–Crippen MR) is 104 cm³/mol. The first-order valence-electron chi connectivity index (χ1n) is 8.93. The topological polar surface area (TPSA) is 106 Å². The summed E-state index contributed by atoms with van der Waals surface area (Å²) in [6, 6.07) is 7.36. The van der Waals surface area contributed by atoms with E-state index in [1.165, 1.54) is 6.92 Å². The van der Waals surface area contributed by atoms with Crippen molar-refractivity contribution in [3.63, 3.8) is 0 Å². The lowest BCUT2D eigenvalue weighted by Gasteiger charge is -2.22. The third kappa shape index (κ3) is 4.43. The normalized spacial score (nSPS) is 14.2. The first kappa shape index (κ1) is 18.8. The van der Waals surface area contributed by atoms with Crippen molar-refractivity contribution in [3.8, 4) is 16.9 Å². The molecule has 2 aromatic rings. The fraction of sp³-hybridized carbons (Fsp3) is 0.350. The summed E-state index contributed by atoms with van der Waals surface area (Å²) in [6.07, 6.45) is 2.33. The van der Waals surface area contributed by atoms with E-state index in [2.05, 4.69) is 15.6 Å². The van der Waals surface area contributed by atoms with E-state index >= 15 is 0 Å². The lowest BCUT2D eigenvalue weighted by atomic mass is 9.98. The third-order valence-electron chi connectivity index (χ3n) is 4.39. The van der Waals surface area contributed by atoms with E-state index in [4.69, 9.17) is 10.5 Å². The minimum Gasteiger partial charge on any atom is -0.488 e. The molecule has 0 fully saturated rings. The van der Waals surface area contributed by atoms with Gasteiger partial charge in [0.05, 0.1) is 0 Å². The zero-order valence-electron chi connectivity index (χ0n) is 15.7. The maximum atomic E-state index is 12.3. The largest absolute Gasteiger partial charge is 0.488 e. The van der Waals surface area contributed by atoms with E-state index in [1.807, 2.05) is 38.1 Å². The Morgan fingerprint density at radius 1 is 1.22 bits per heavy atom. The molecule has 2 heterocycles. The molecular weight excluding hydrogens is 344 g/mol. The molecule has 1 aliphatic rings. The van der Waals surface area contributed by atoms with Gasteiger partial charge in [0, 0.05) is 48.0 Å². The number of fused-ring (bicyclic) bond motifs is 3. The van der Waals surface area contributed by atoms with E-state index in [-0.39, 0.29) is 23.8 Å². The Hall–Kier alpha value is -2.93. The highest BCUT2D eigenvalue weighted by atomic mass is 16.5. The number of nitrogens with one attached hydrogen (secondary N) is 2. The van der Waals surface area contributed by atoms with Gasteiger partial charge in [0.15, 0.2) is 0 Å². The molecule has 142 valence electrons. The second-order valence-electron chi connectivity index (χ2n) is 7.01. The first-order valence-corrected chi connectivity index (χ1v) is 8.93. The molecule has 3 rings (SSSR count). The highest BCUT2D eigenvalue weighted by Gasteiger charge is 2.20. The number of carbonyl (C=O) groups is 2. The number of rotatable bonds is 5. The zero-order chi connectivity index (χ0) is 19.6. The number of amides is 2. The minimum atomic E-state index is -0.172. The molecule has 7 nitrogen and oxygen atoms in total. The van der Waals surface area contributed by atoms with Crippen molar-refractivity contribution in [3.05, 3.63) is 36.0 Å². The Kier molecular flexibility index (Phi) is 5.41. The lowest BCUT2D eigenvalue weighted by molar-refractivity contribution is -0.119. The van der Waals surface area contributed by atoms with Gasteiger partial charge < -0.3 is 21.1 Å². The van der Waals surface area contributed by atoms with Crippen LogP contribution in [0.1, 0.15) is 32.8 Å². The number of carbonyl (C=O) groups excluding carboxylic acids is 2. The fourth-order valence-corrected chi connectivity index (χ4v) is 3.13. The third-order valence-corrected chi connectivity index (χ3v) is 4.39. The van der Waals surface area contributed by atoms with Crippen molar-refractivity contribution in [1.29, 1.82) is 0 Å². The molecule has 0 saturated heterocycles.